The summed E-state index contributed by atoms with van der Waals surface area (Å²) in [6, 6.07) is 7.87. The summed E-state index contributed by atoms with van der Waals surface area (Å²) in [5.41, 5.74) is 6.89. The lowest BCUT2D eigenvalue weighted by Crippen LogP contribution is -2.39. The van der Waals surface area contributed by atoms with Gasteiger partial charge in [-0.15, -0.1) is 0 Å². The first-order valence-electron chi connectivity index (χ1n) is 7.23. The molecule has 2 N–H and O–H groups in total. The molecule has 0 spiro atoms. The minimum absolute atomic E-state index is 0.241. The number of nitriles is 1. The SMILES string of the molecule is COc1ccc(C#N)cc1CN(CC(N)=O)C1CCCC1. The van der Waals surface area contributed by atoms with Crippen LogP contribution in [0.4, 0.5) is 0 Å². The van der Waals surface area contributed by atoms with Gasteiger partial charge in [0.1, 0.15) is 5.75 Å². The van der Waals surface area contributed by atoms with Crippen LogP contribution in [-0.4, -0.2) is 30.5 Å². The van der Waals surface area contributed by atoms with Gasteiger partial charge in [-0.2, -0.15) is 5.26 Å². The molecule has 2 rings (SSSR count). The van der Waals surface area contributed by atoms with Crippen LogP contribution < -0.4 is 10.5 Å². The highest BCUT2D eigenvalue weighted by Crippen LogP contribution is 2.27. The summed E-state index contributed by atoms with van der Waals surface area (Å²) in [6.45, 7) is 0.816. The lowest BCUT2D eigenvalue weighted by Gasteiger charge is -2.28. The Labute approximate surface area is 125 Å². The number of primary amides is 1. The van der Waals surface area contributed by atoms with Gasteiger partial charge in [0.15, 0.2) is 0 Å². The van der Waals surface area contributed by atoms with Gasteiger partial charge in [0, 0.05) is 18.2 Å². The summed E-state index contributed by atoms with van der Waals surface area (Å²) < 4.78 is 5.36. The number of benzene rings is 1. The van der Waals surface area contributed by atoms with Crippen molar-refractivity contribution < 1.29 is 9.53 Å². The maximum Gasteiger partial charge on any atom is 0.231 e. The molecule has 1 amide bonds. The summed E-state index contributed by atoms with van der Waals surface area (Å²) in [5, 5.41) is 9.04. The van der Waals surface area contributed by atoms with Crippen LogP contribution in [-0.2, 0) is 11.3 Å². The Balaban J connectivity index is 2.22. The normalized spacial score (nSPS) is 15.1. The molecule has 0 atom stereocenters. The molecule has 1 saturated carbocycles. The average molecular weight is 287 g/mol. The Bertz CT molecular complexity index is 545. The summed E-state index contributed by atoms with van der Waals surface area (Å²) >= 11 is 0. The van der Waals surface area contributed by atoms with Crippen molar-refractivity contribution in [3.8, 4) is 11.8 Å². The molecular weight excluding hydrogens is 266 g/mol. The van der Waals surface area contributed by atoms with Crippen LogP contribution in [0.15, 0.2) is 18.2 Å². The number of amides is 1. The van der Waals surface area contributed by atoms with Crippen LogP contribution >= 0.6 is 0 Å². The standard InChI is InChI=1S/C16H21N3O2/c1-21-15-7-6-12(9-17)8-13(15)10-19(11-16(18)20)14-4-2-3-5-14/h6-8,14H,2-5,10-11H2,1H3,(H2,18,20). The van der Waals surface area contributed by atoms with Crippen molar-refractivity contribution in [2.45, 2.75) is 38.3 Å². The molecule has 0 aromatic heterocycles. The number of ether oxygens (including phenoxy) is 1. The highest BCUT2D eigenvalue weighted by atomic mass is 16.5. The Morgan fingerprint density at radius 3 is 2.76 bits per heavy atom. The Morgan fingerprint density at radius 2 is 2.19 bits per heavy atom. The molecule has 112 valence electrons. The second-order valence-corrected chi connectivity index (χ2v) is 5.45. The highest BCUT2D eigenvalue weighted by molar-refractivity contribution is 5.76. The number of nitrogens with zero attached hydrogens (tertiary/aromatic N) is 2. The van der Waals surface area contributed by atoms with Crippen LogP contribution in [0.2, 0.25) is 0 Å². The summed E-state index contributed by atoms with van der Waals surface area (Å²) in [7, 11) is 1.61. The van der Waals surface area contributed by atoms with E-state index in [1.54, 1.807) is 19.2 Å². The van der Waals surface area contributed by atoms with Gasteiger partial charge < -0.3 is 10.5 Å². The topological polar surface area (TPSA) is 79.3 Å². The van der Waals surface area contributed by atoms with Gasteiger partial charge in [0.2, 0.25) is 5.91 Å². The van der Waals surface area contributed by atoms with E-state index in [9.17, 15) is 4.79 Å². The number of hydrogen-bond acceptors (Lipinski definition) is 4. The zero-order valence-corrected chi connectivity index (χ0v) is 12.3. The van der Waals surface area contributed by atoms with Gasteiger partial charge in [0.05, 0.1) is 25.3 Å². The van der Waals surface area contributed by atoms with Gasteiger partial charge in [-0.1, -0.05) is 12.8 Å². The molecule has 0 bridgehead atoms. The van der Waals surface area contributed by atoms with Crippen molar-refractivity contribution in [3.05, 3.63) is 29.3 Å². The predicted octanol–water partition coefficient (Wildman–Crippen LogP) is 1.80. The Hall–Kier alpha value is -2.06. The smallest absolute Gasteiger partial charge is 0.231 e. The van der Waals surface area contributed by atoms with E-state index < -0.39 is 0 Å². The lowest BCUT2D eigenvalue weighted by atomic mass is 10.1. The zero-order chi connectivity index (χ0) is 15.2. The Kier molecular flexibility index (Phi) is 5.18. The van der Waals surface area contributed by atoms with E-state index in [0.717, 1.165) is 24.2 Å². The van der Waals surface area contributed by atoms with Crippen molar-refractivity contribution >= 4 is 5.91 Å². The summed E-state index contributed by atoms with van der Waals surface area (Å²) in [6.07, 6.45) is 4.56. The van der Waals surface area contributed by atoms with Crippen LogP contribution in [0.5, 0.6) is 5.75 Å². The molecule has 0 radical (unpaired) electrons. The quantitative estimate of drug-likeness (QED) is 0.865. The maximum atomic E-state index is 11.3. The van der Waals surface area contributed by atoms with Crippen molar-refractivity contribution in [1.82, 2.24) is 4.90 Å². The lowest BCUT2D eigenvalue weighted by molar-refractivity contribution is -0.119. The van der Waals surface area contributed by atoms with Gasteiger partial charge in [-0.25, -0.2) is 0 Å². The van der Waals surface area contributed by atoms with Crippen molar-refractivity contribution in [2.75, 3.05) is 13.7 Å². The first kappa shape index (κ1) is 15.3. The number of methoxy groups -OCH3 is 1. The van der Waals surface area contributed by atoms with Crippen LogP contribution in [0, 0.1) is 11.3 Å². The fraction of sp³-hybridized carbons (Fsp3) is 0.500. The van der Waals surface area contributed by atoms with E-state index in [4.69, 9.17) is 15.7 Å². The molecule has 21 heavy (non-hydrogen) atoms. The van der Waals surface area contributed by atoms with Crippen LogP contribution in [0.25, 0.3) is 0 Å². The number of hydrogen-bond donors (Lipinski definition) is 1. The predicted molar refractivity (Wildman–Crippen MR) is 79.6 cm³/mol. The largest absolute Gasteiger partial charge is 0.496 e. The molecule has 1 aromatic carbocycles. The van der Waals surface area contributed by atoms with E-state index in [1.807, 2.05) is 6.07 Å². The molecular formula is C16H21N3O2. The van der Waals surface area contributed by atoms with Gasteiger partial charge >= 0.3 is 0 Å². The van der Waals surface area contributed by atoms with E-state index in [2.05, 4.69) is 11.0 Å². The van der Waals surface area contributed by atoms with Crippen molar-refractivity contribution in [2.24, 2.45) is 5.73 Å². The fourth-order valence-electron chi connectivity index (χ4n) is 2.97. The van der Waals surface area contributed by atoms with Crippen molar-refractivity contribution in [3.63, 3.8) is 0 Å². The molecule has 0 unspecified atom stereocenters. The number of nitrogens with two attached hydrogens (primary N) is 1. The van der Waals surface area contributed by atoms with Gasteiger partial charge in [-0.3, -0.25) is 9.69 Å². The first-order chi connectivity index (χ1) is 10.1. The molecule has 1 aliphatic rings. The third-order valence-corrected chi connectivity index (χ3v) is 3.98. The van der Waals surface area contributed by atoms with E-state index in [-0.39, 0.29) is 12.5 Å². The first-order valence-corrected chi connectivity index (χ1v) is 7.23. The third kappa shape index (κ3) is 3.96. The second kappa shape index (κ2) is 7.09. The van der Waals surface area contributed by atoms with Gasteiger partial charge in [-0.05, 0) is 31.0 Å². The van der Waals surface area contributed by atoms with Crippen LogP contribution in [0.1, 0.15) is 36.8 Å². The molecule has 0 saturated heterocycles. The van der Waals surface area contributed by atoms with E-state index in [0.29, 0.717) is 18.2 Å². The molecule has 1 aromatic rings. The third-order valence-electron chi connectivity index (χ3n) is 3.98. The minimum atomic E-state index is -0.322. The molecule has 0 heterocycles. The molecule has 1 aliphatic carbocycles. The Morgan fingerprint density at radius 1 is 1.48 bits per heavy atom. The monoisotopic (exact) mass is 287 g/mol. The fourth-order valence-corrected chi connectivity index (χ4v) is 2.97. The molecule has 0 aliphatic heterocycles. The zero-order valence-electron chi connectivity index (χ0n) is 12.3. The summed E-state index contributed by atoms with van der Waals surface area (Å²) in [4.78, 5) is 13.4. The number of rotatable bonds is 6. The maximum absolute atomic E-state index is 11.3. The van der Waals surface area contributed by atoms with Crippen LogP contribution in [0.3, 0.4) is 0 Å². The molecule has 1 fully saturated rings. The minimum Gasteiger partial charge on any atom is -0.496 e. The second-order valence-electron chi connectivity index (χ2n) is 5.45. The van der Waals surface area contributed by atoms with Crippen molar-refractivity contribution in [1.29, 1.82) is 5.26 Å². The molecule has 5 nitrogen and oxygen atoms in total. The highest BCUT2D eigenvalue weighted by Gasteiger charge is 2.24. The molecule has 5 heteroatoms. The summed E-state index contributed by atoms with van der Waals surface area (Å²) in [5.74, 6) is 0.416. The van der Waals surface area contributed by atoms with Gasteiger partial charge in [0.25, 0.3) is 0 Å². The van der Waals surface area contributed by atoms with E-state index >= 15 is 0 Å². The number of carbonyl (C=O) groups is 1. The average Bonchev–Trinajstić information content (AvgIpc) is 3.00. The van der Waals surface area contributed by atoms with E-state index in [1.165, 1.54) is 12.8 Å². The number of carbonyl (C=O) groups excluding carboxylic acids is 1.